The van der Waals surface area contributed by atoms with E-state index in [9.17, 15) is 14.7 Å². The maximum absolute atomic E-state index is 12.5. The smallest absolute Gasteiger partial charge is 0.320 e. The first-order chi connectivity index (χ1) is 9.98. The zero-order chi connectivity index (χ0) is 15.5. The molecule has 0 saturated carbocycles. The third-order valence-electron chi connectivity index (χ3n) is 4.68. The first kappa shape index (κ1) is 16.5. The number of hydrogen-bond donors (Lipinski definition) is 1. The number of urea groups is 1. The lowest BCUT2D eigenvalue weighted by Gasteiger charge is -2.41. The maximum Gasteiger partial charge on any atom is 0.320 e. The minimum Gasteiger partial charge on any atom is -0.481 e. The van der Waals surface area contributed by atoms with E-state index in [0.29, 0.717) is 37.6 Å². The number of carbonyl (C=O) groups is 2. The van der Waals surface area contributed by atoms with Crippen molar-refractivity contribution in [3.05, 3.63) is 0 Å². The molecule has 2 heterocycles. The SMILES string of the molecule is CCCC1(C(=O)O)CCN(C(=O)N2CCSC(C)C2)CC1. The highest BCUT2D eigenvalue weighted by Gasteiger charge is 2.42. The van der Waals surface area contributed by atoms with E-state index in [0.717, 1.165) is 25.3 Å². The molecule has 0 aromatic rings. The molecule has 0 spiro atoms. The second kappa shape index (κ2) is 6.90. The summed E-state index contributed by atoms with van der Waals surface area (Å²) in [5, 5.41) is 10.0. The van der Waals surface area contributed by atoms with Gasteiger partial charge in [-0.3, -0.25) is 4.79 Å². The van der Waals surface area contributed by atoms with Crippen molar-refractivity contribution in [2.75, 3.05) is 31.9 Å². The Kier molecular flexibility index (Phi) is 5.41. The molecule has 2 aliphatic rings. The van der Waals surface area contributed by atoms with Gasteiger partial charge in [-0.1, -0.05) is 20.3 Å². The van der Waals surface area contributed by atoms with Gasteiger partial charge in [-0.2, -0.15) is 11.8 Å². The Balaban J connectivity index is 1.93. The summed E-state index contributed by atoms with van der Waals surface area (Å²) in [5.74, 6) is 0.301. The number of nitrogens with zero attached hydrogens (tertiary/aromatic N) is 2. The molecule has 21 heavy (non-hydrogen) atoms. The zero-order valence-electron chi connectivity index (χ0n) is 13.0. The van der Waals surface area contributed by atoms with Crippen LogP contribution in [0.1, 0.15) is 39.5 Å². The fraction of sp³-hybridized carbons (Fsp3) is 0.867. The highest BCUT2D eigenvalue weighted by Crippen LogP contribution is 2.37. The number of piperidine rings is 1. The Morgan fingerprint density at radius 2 is 1.90 bits per heavy atom. The lowest BCUT2D eigenvalue weighted by molar-refractivity contribution is -0.152. The van der Waals surface area contributed by atoms with E-state index in [-0.39, 0.29) is 6.03 Å². The summed E-state index contributed by atoms with van der Waals surface area (Å²) < 4.78 is 0. The number of aliphatic carboxylic acids is 1. The summed E-state index contributed by atoms with van der Waals surface area (Å²) in [5.41, 5.74) is -0.615. The number of likely N-dealkylation sites (tertiary alicyclic amines) is 1. The molecule has 0 radical (unpaired) electrons. The van der Waals surface area contributed by atoms with Crippen LogP contribution in [0.5, 0.6) is 0 Å². The van der Waals surface area contributed by atoms with Gasteiger partial charge in [0.25, 0.3) is 0 Å². The fourth-order valence-electron chi connectivity index (χ4n) is 3.37. The van der Waals surface area contributed by atoms with Gasteiger partial charge >= 0.3 is 12.0 Å². The summed E-state index contributed by atoms with van der Waals surface area (Å²) in [7, 11) is 0. The molecule has 1 atom stereocenters. The first-order valence-electron chi connectivity index (χ1n) is 7.87. The van der Waals surface area contributed by atoms with Gasteiger partial charge in [0.05, 0.1) is 5.41 Å². The number of carboxylic acid groups (broad SMARTS) is 1. The first-order valence-corrected chi connectivity index (χ1v) is 8.92. The van der Waals surface area contributed by atoms with Gasteiger partial charge < -0.3 is 14.9 Å². The van der Waals surface area contributed by atoms with Crippen LogP contribution in [0.4, 0.5) is 4.79 Å². The number of thioether (sulfide) groups is 1. The van der Waals surface area contributed by atoms with Gasteiger partial charge in [0.15, 0.2) is 0 Å². The molecule has 2 saturated heterocycles. The van der Waals surface area contributed by atoms with E-state index < -0.39 is 11.4 Å². The molecule has 0 aromatic carbocycles. The van der Waals surface area contributed by atoms with Crippen molar-refractivity contribution in [2.45, 2.75) is 44.8 Å². The van der Waals surface area contributed by atoms with E-state index in [1.165, 1.54) is 0 Å². The van der Waals surface area contributed by atoms with Gasteiger partial charge in [-0.25, -0.2) is 4.79 Å². The lowest BCUT2D eigenvalue weighted by atomic mass is 9.75. The minimum atomic E-state index is -0.695. The van der Waals surface area contributed by atoms with Crippen molar-refractivity contribution in [1.29, 1.82) is 0 Å². The van der Waals surface area contributed by atoms with E-state index in [2.05, 4.69) is 6.92 Å². The fourth-order valence-corrected chi connectivity index (χ4v) is 4.38. The summed E-state index contributed by atoms with van der Waals surface area (Å²) in [4.78, 5) is 27.9. The van der Waals surface area contributed by atoms with Crippen LogP contribution in [-0.4, -0.2) is 64.1 Å². The molecule has 1 unspecified atom stereocenters. The molecule has 2 rings (SSSR count). The van der Waals surface area contributed by atoms with Crippen molar-refractivity contribution in [1.82, 2.24) is 9.80 Å². The van der Waals surface area contributed by atoms with E-state index >= 15 is 0 Å². The highest BCUT2D eigenvalue weighted by molar-refractivity contribution is 7.99. The lowest BCUT2D eigenvalue weighted by Crippen LogP contribution is -2.53. The molecule has 5 nitrogen and oxygen atoms in total. The van der Waals surface area contributed by atoms with Crippen LogP contribution >= 0.6 is 11.8 Å². The van der Waals surface area contributed by atoms with Crippen molar-refractivity contribution in [2.24, 2.45) is 5.41 Å². The van der Waals surface area contributed by atoms with Crippen molar-refractivity contribution < 1.29 is 14.7 Å². The molecule has 0 aliphatic carbocycles. The van der Waals surface area contributed by atoms with E-state index in [1.54, 1.807) is 0 Å². The predicted molar refractivity (Wildman–Crippen MR) is 84.7 cm³/mol. The minimum absolute atomic E-state index is 0.0950. The molecule has 2 aliphatic heterocycles. The Bertz CT molecular complexity index is 394. The second-order valence-corrected chi connectivity index (χ2v) is 7.78. The van der Waals surface area contributed by atoms with E-state index in [4.69, 9.17) is 0 Å². The normalized spacial score (nSPS) is 25.7. The Hall–Kier alpha value is -0.910. The Morgan fingerprint density at radius 1 is 1.24 bits per heavy atom. The largest absolute Gasteiger partial charge is 0.481 e. The zero-order valence-corrected chi connectivity index (χ0v) is 13.8. The van der Waals surface area contributed by atoms with Gasteiger partial charge in [0.2, 0.25) is 0 Å². The highest BCUT2D eigenvalue weighted by atomic mass is 32.2. The quantitative estimate of drug-likeness (QED) is 0.869. The Morgan fingerprint density at radius 3 is 2.43 bits per heavy atom. The van der Waals surface area contributed by atoms with Gasteiger partial charge in [0.1, 0.15) is 0 Å². The molecule has 1 N–H and O–H groups in total. The van der Waals surface area contributed by atoms with Crippen LogP contribution in [-0.2, 0) is 4.79 Å². The third kappa shape index (κ3) is 3.65. The van der Waals surface area contributed by atoms with Crippen LogP contribution in [0, 0.1) is 5.41 Å². The van der Waals surface area contributed by atoms with Gasteiger partial charge in [0, 0.05) is 37.2 Å². The summed E-state index contributed by atoms with van der Waals surface area (Å²) in [6.07, 6.45) is 2.75. The number of carboxylic acids is 1. The van der Waals surface area contributed by atoms with Crippen LogP contribution in [0.2, 0.25) is 0 Å². The number of amides is 2. The molecular weight excluding hydrogens is 288 g/mol. The second-order valence-electron chi connectivity index (χ2n) is 6.23. The number of carbonyl (C=O) groups excluding carboxylic acids is 1. The van der Waals surface area contributed by atoms with Crippen LogP contribution in [0.15, 0.2) is 0 Å². The summed E-state index contributed by atoms with van der Waals surface area (Å²) in [6.45, 7) is 6.93. The monoisotopic (exact) mass is 314 g/mol. The van der Waals surface area contributed by atoms with Gasteiger partial charge in [-0.05, 0) is 19.3 Å². The molecule has 2 amide bonds. The number of rotatable bonds is 3. The molecule has 0 bridgehead atoms. The molecular formula is C15H26N2O3S. The third-order valence-corrected chi connectivity index (χ3v) is 5.82. The molecule has 0 aromatic heterocycles. The summed E-state index contributed by atoms with van der Waals surface area (Å²) >= 11 is 1.91. The average Bonchev–Trinajstić information content (AvgIpc) is 2.47. The van der Waals surface area contributed by atoms with Crippen LogP contribution < -0.4 is 0 Å². The van der Waals surface area contributed by atoms with Crippen molar-refractivity contribution in [3.63, 3.8) is 0 Å². The standard InChI is InChI=1S/C15H26N2O3S/c1-3-4-15(13(18)19)5-7-16(8-6-15)14(20)17-9-10-21-12(2)11-17/h12H,3-11H2,1-2H3,(H,18,19). The Labute approximate surface area is 131 Å². The maximum atomic E-state index is 12.5. The van der Waals surface area contributed by atoms with Crippen LogP contribution in [0.25, 0.3) is 0 Å². The molecule has 6 heteroatoms. The van der Waals surface area contributed by atoms with Crippen LogP contribution in [0.3, 0.4) is 0 Å². The van der Waals surface area contributed by atoms with Crippen molar-refractivity contribution in [3.8, 4) is 0 Å². The van der Waals surface area contributed by atoms with E-state index in [1.807, 2.05) is 28.5 Å². The topological polar surface area (TPSA) is 60.9 Å². The van der Waals surface area contributed by atoms with Gasteiger partial charge in [-0.15, -0.1) is 0 Å². The van der Waals surface area contributed by atoms with Crippen molar-refractivity contribution >= 4 is 23.8 Å². The summed E-state index contributed by atoms with van der Waals surface area (Å²) in [6, 6.07) is 0.0950. The number of hydrogen-bond acceptors (Lipinski definition) is 3. The average molecular weight is 314 g/mol. The molecule has 2 fully saturated rings. The predicted octanol–water partition coefficient (Wildman–Crippen LogP) is 2.51. The molecule has 120 valence electrons.